The third-order valence-corrected chi connectivity index (χ3v) is 3.41. The second-order valence-electron chi connectivity index (χ2n) is 6.51. The van der Waals surface area contributed by atoms with Crippen LogP contribution < -0.4 is 4.74 Å². The number of carbonyl (C=O) groups is 1. The van der Waals surface area contributed by atoms with Crippen molar-refractivity contribution in [1.82, 2.24) is 14.9 Å². The number of amides is 1. The van der Waals surface area contributed by atoms with Crippen LogP contribution >= 0.6 is 0 Å². The average Bonchev–Trinajstić information content (AvgIpc) is 2.52. The monoisotopic (exact) mass is 323 g/mol. The summed E-state index contributed by atoms with van der Waals surface area (Å²) in [5.41, 5.74) is 0.169. The smallest absolute Gasteiger partial charge is 0.410 e. The Labute approximate surface area is 137 Å². The van der Waals surface area contributed by atoms with Gasteiger partial charge in [-0.1, -0.05) is 0 Å². The summed E-state index contributed by atoms with van der Waals surface area (Å²) in [6, 6.07) is 0. The van der Waals surface area contributed by atoms with Crippen LogP contribution in [0.25, 0.3) is 0 Å². The van der Waals surface area contributed by atoms with Crippen molar-refractivity contribution in [2.24, 2.45) is 0 Å². The molecule has 0 bridgehead atoms. The number of hydrogen-bond acceptors (Lipinski definition) is 6. The molecule has 0 N–H and O–H groups in total. The summed E-state index contributed by atoms with van der Waals surface area (Å²) in [6.07, 6.45) is 4.65. The first-order valence-corrected chi connectivity index (χ1v) is 7.82. The Bertz CT molecular complexity index is 530. The Kier molecular flexibility index (Phi) is 5.76. The van der Waals surface area contributed by atoms with Crippen LogP contribution in [0.2, 0.25) is 0 Å². The maximum atomic E-state index is 12.1. The van der Waals surface area contributed by atoms with Gasteiger partial charge in [0.05, 0.1) is 26.4 Å². The number of carbonyl (C=O) groups excluding carboxylic acids is 1. The fourth-order valence-electron chi connectivity index (χ4n) is 2.39. The summed E-state index contributed by atoms with van der Waals surface area (Å²) >= 11 is 0. The molecular weight excluding hydrogens is 298 g/mol. The Morgan fingerprint density at radius 1 is 1.35 bits per heavy atom. The Balaban J connectivity index is 1.88. The molecule has 0 aromatic carbocycles. The van der Waals surface area contributed by atoms with Crippen LogP contribution in [0.3, 0.4) is 0 Å². The highest BCUT2D eigenvalue weighted by molar-refractivity contribution is 5.68. The highest BCUT2D eigenvalue weighted by atomic mass is 16.6. The first-order chi connectivity index (χ1) is 10.9. The lowest BCUT2D eigenvalue weighted by Gasteiger charge is -2.34. The van der Waals surface area contributed by atoms with Crippen molar-refractivity contribution in [3.05, 3.63) is 18.1 Å². The first-order valence-electron chi connectivity index (χ1n) is 7.82. The van der Waals surface area contributed by atoms with E-state index in [-0.39, 0.29) is 12.2 Å². The SMILES string of the molecule is COc1nccnc1CO[C@@H]1CCCN(C(=O)OC(C)(C)C)C1. The molecule has 128 valence electrons. The molecule has 0 radical (unpaired) electrons. The van der Waals surface area contributed by atoms with E-state index in [0.29, 0.717) is 31.3 Å². The summed E-state index contributed by atoms with van der Waals surface area (Å²) in [5.74, 6) is 0.465. The molecule has 7 heteroatoms. The second kappa shape index (κ2) is 7.59. The molecular formula is C16H25N3O4. The molecule has 7 nitrogen and oxygen atoms in total. The molecule has 0 unspecified atom stereocenters. The highest BCUT2D eigenvalue weighted by Crippen LogP contribution is 2.19. The van der Waals surface area contributed by atoms with Crippen molar-refractivity contribution in [3.63, 3.8) is 0 Å². The summed E-state index contributed by atoms with van der Waals surface area (Å²) in [4.78, 5) is 22.2. The minimum absolute atomic E-state index is 0.0389. The van der Waals surface area contributed by atoms with E-state index in [1.54, 1.807) is 24.4 Å². The van der Waals surface area contributed by atoms with E-state index in [0.717, 1.165) is 12.8 Å². The molecule has 2 heterocycles. The molecule has 0 aliphatic carbocycles. The molecule has 1 amide bonds. The molecule has 1 saturated heterocycles. The molecule has 1 aliphatic rings. The van der Waals surface area contributed by atoms with Gasteiger partial charge in [-0.3, -0.25) is 4.98 Å². The third kappa shape index (κ3) is 5.35. The summed E-state index contributed by atoms with van der Waals surface area (Å²) in [5, 5.41) is 0. The molecule has 0 saturated carbocycles. The second-order valence-corrected chi connectivity index (χ2v) is 6.51. The summed E-state index contributed by atoms with van der Waals surface area (Å²) in [7, 11) is 1.55. The first kappa shape index (κ1) is 17.5. The fraction of sp³-hybridized carbons (Fsp3) is 0.688. The zero-order valence-electron chi connectivity index (χ0n) is 14.2. The Morgan fingerprint density at radius 3 is 2.78 bits per heavy atom. The van der Waals surface area contributed by atoms with Crippen LogP contribution in [0.4, 0.5) is 4.79 Å². The standard InChI is InChI=1S/C16H25N3O4/c1-16(2,3)23-15(20)19-9-5-6-12(10-19)22-11-13-14(21-4)18-8-7-17-13/h7-8,12H,5-6,9-11H2,1-4H3/t12-/m1/s1. The number of aromatic nitrogens is 2. The fourth-order valence-corrected chi connectivity index (χ4v) is 2.39. The van der Waals surface area contributed by atoms with Gasteiger partial charge >= 0.3 is 6.09 Å². The topological polar surface area (TPSA) is 73.8 Å². The van der Waals surface area contributed by atoms with Crippen molar-refractivity contribution in [1.29, 1.82) is 0 Å². The molecule has 1 aromatic rings. The van der Waals surface area contributed by atoms with Crippen LogP contribution in [0.15, 0.2) is 12.4 Å². The lowest BCUT2D eigenvalue weighted by Crippen LogP contribution is -2.45. The largest absolute Gasteiger partial charge is 0.480 e. The van der Waals surface area contributed by atoms with Gasteiger partial charge < -0.3 is 19.1 Å². The molecule has 1 fully saturated rings. The summed E-state index contributed by atoms with van der Waals surface area (Å²) in [6.45, 7) is 7.13. The average molecular weight is 323 g/mol. The van der Waals surface area contributed by atoms with E-state index < -0.39 is 5.60 Å². The van der Waals surface area contributed by atoms with Crippen molar-refractivity contribution in [3.8, 4) is 5.88 Å². The van der Waals surface area contributed by atoms with E-state index >= 15 is 0 Å². The number of piperidine rings is 1. The lowest BCUT2D eigenvalue weighted by atomic mass is 10.1. The predicted octanol–water partition coefficient (Wildman–Crippen LogP) is 2.40. The minimum Gasteiger partial charge on any atom is -0.480 e. The van der Waals surface area contributed by atoms with E-state index in [4.69, 9.17) is 14.2 Å². The van der Waals surface area contributed by atoms with Gasteiger partial charge in [0, 0.05) is 18.9 Å². The van der Waals surface area contributed by atoms with Gasteiger partial charge in [-0.25, -0.2) is 9.78 Å². The zero-order chi connectivity index (χ0) is 16.9. The van der Waals surface area contributed by atoms with Crippen molar-refractivity contribution in [2.45, 2.75) is 51.9 Å². The van der Waals surface area contributed by atoms with Crippen molar-refractivity contribution in [2.75, 3.05) is 20.2 Å². The van der Waals surface area contributed by atoms with E-state index in [1.165, 1.54) is 0 Å². The Hall–Kier alpha value is -1.89. The molecule has 2 rings (SSSR count). The van der Waals surface area contributed by atoms with Crippen LogP contribution in [0.1, 0.15) is 39.3 Å². The number of nitrogens with zero attached hydrogens (tertiary/aromatic N) is 3. The normalized spacial score (nSPS) is 18.6. The van der Waals surface area contributed by atoms with Gasteiger partial charge in [0.15, 0.2) is 0 Å². The maximum Gasteiger partial charge on any atom is 0.410 e. The van der Waals surface area contributed by atoms with Crippen LogP contribution in [-0.2, 0) is 16.1 Å². The number of likely N-dealkylation sites (tertiary alicyclic amines) is 1. The number of ether oxygens (including phenoxy) is 3. The molecule has 1 aliphatic heterocycles. The number of methoxy groups -OCH3 is 1. The van der Waals surface area contributed by atoms with Gasteiger partial charge in [-0.05, 0) is 33.6 Å². The van der Waals surface area contributed by atoms with Gasteiger partial charge in [-0.15, -0.1) is 0 Å². The number of hydrogen-bond donors (Lipinski definition) is 0. The maximum absolute atomic E-state index is 12.1. The van der Waals surface area contributed by atoms with Crippen LogP contribution in [-0.4, -0.2) is 52.9 Å². The van der Waals surface area contributed by atoms with E-state index in [9.17, 15) is 4.79 Å². The van der Waals surface area contributed by atoms with Crippen LogP contribution in [0, 0.1) is 0 Å². The highest BCUT2D eigenvalue weighted by Gasteiger charge is 2.28. The molecule has 1 aromatic heterocycles. The van der Waals surface area contributed by atoms with Crippen LogP contribution in [0.5, 0.6) is 5.88 Å². The van der Waals surface area contributed by atoms with Crippen molar-refractivity contribution >= 4 is 6.09 Å². The number of rotatable bonds is 4. The van der Waals surface area contributed by atoms with E-state index in [1.807, 2.05) is 20.8 Å². The van der Waals surface area contributed by atoms with Crippen molar-refractivity contribution < 1.29 is 19.0 Å². The Morgan fingerprint density at radius 2 is 2.09 bits per heavy atom. The predicted molar refractivity (Wildman–Crippen MR) is 84.2 cm³/mol. The molecule has 1 atom stereocenters. The zero-order valence-corrected chi connectivity index (χ0v) is 14.2. The van der Waals surface area contributed by atoms with Gasteiger partial charge in [-0.2, -0.15) is 0 Å². The lowest BCUT2D eigenvalue weighted by molar-refractivity contribution is -0.0271. The molecule has 23 heavy (non-hydrogen) atoms. The third-order valence-electron chi connectivity index (χ3n) is 3.41. The summed E-state index contributed by atoms with van der Waals surface area (Å²) < 4.78 is 16.5. The van der Waals surface area contributed by atoms with Gasteiger partial charge in [0.1, 0.15) is 11.3 Å². The van der Waals surface area contributed by atoms with Gasteiger partial charge in [0.25, 0.3) is 0 Å². The quantitative estimate of drug-likeness (QED) is 0.847. The van der Waals surface area contributed by atoms with E-state index in [2.05, 4.69) is 9.97 Å². The minimum atomic E-state index is -0.488. The molecule has 0 spiro atoms. The van der Waals surface area contributed by atoms with Gasteiger partial charge in [0.2, 0.25) is 5.88 Å².